The van der Waals surface area contributed by atoms with Crippen molar-refractivity contribution in [3.05, 3.63) is 64.7 Å². The average molecular weight is 409 g/mol. The van der Waals surface area contributed by atoms with Crippen LogP contribution in [-0.4, -0.2) is 26.6 Å². The van der Waals surface area contributed by atoms with E-state index in [0.29, 0.717) is 10.7 Å². The van der Waals surface area contributed by atoms with Crippen molar-refractivity contribution in [2.75, 3.05) is 10.6 Å². The molecule has 0 aliphatic carbocycles. The van der Waals surface area contributed by atoms with Gasteiger partial charge in [-0.1, -0.05) is 48.9 Å². The molecular weight excluding hydrogens is 384 g/mol. The molecule has 2 aromatic rings. The molecule has 146 valence electrons. The molecule has 0 fully saturated rings. The van der Waals surface area contributed by atoms with Crippen LogP contribution in [0.3, 0.4) is 0 Å². The molecule has 2 rings (SSSR count). The molecule has 0 bridgehead atoms. The minimum absolute atomic E-state index is 0.244. The maximum absolute atomic E-state index is 12.7. The number of aryl methyl sites for hydroxylation is 1. The largest absolute Gasteiger partial charge is 0.348 e. The van der Waals surface area contributed by atoms with Gasteiger partial charge in [0.05, 0.1) is 18.0 Å². The highest BCUT2D eigenvalue weighted by molar-refractivity contribution is 7.92. The second-order valence-electron chi connectivity index (χ2n) is 6.54. The van der Waals surface area contributed by atoms with Gasteiger partial charge in [-0.05, 0) is 49.6 Å². The molecule has 0 aromatic heterocycles. The molecule has 2 aromatic carbocycles. The van der Waals surface area contributed by atoms with Crippen LogP contribution in [0.15, 0.2) is 48.5 Å². The molecule has 0 saturated heterocycles. The summed E-state index contributed by atoms with van der Waals surface area (Å²) in [5.74, 6) is -0.382. The number of carbonyl (C=O) groups is 1. The Morgan fingerprint density at radius 3 is 2.30 bits per heavy atom. The Bertz CT molecular complexity index is 898. The van der Waals surface area contributed by atoms with Crippen LogP contribution in [0.2, 0.25) is 5.02 Å². The van der Waals surface area contributed by atoms with E-state index in [-0.39, 0.29) is 11.9 Å². The smallest absolute Gasteiger partial charge is 0.244 e. The molecule has 0 unspecified atom stereocenters. The van der Waals surface area contributed by atoms with Gasteiger partial charge >= 0.3 is 0 Å². The number of rotatable bonds is 7. The van der Waals surface area contributed by atoms with Crippen LogP contribution in [0.5, 0.6) is 0 Å². The molecular formula is C20H25ClN2O3S. The van der Waals surface area contributed by atoms with Crippen LogP contribution in [0.4, 0.5) is 5.69 Å². The molecule has 0 spiro atoms. The number of hydrogen-bond acceptors (Lipinski definition) is 3. The average Bonchev–Trinajstić information content (AvgIpc) is 2.60. The summed E-state index contributed by atoms with van der Waals surface area (Å²) in [6, 6.07) is 13.3. The van der Waals surface area contributed by atoms with Crippen LogP contribution < -0.4 is 9.62 Å². The highest BCUT2D eigenvalue weighted by Crippen LogP contribution is 2.24. The Balaban J connectivity index is 2.21. The van der Waals surface area contributed by atoms with Crippen molar-refractivity contribution < 1.29 is 13.2 Å². The summed E-state index contributed by atoms with van der Waals surface area (Å²) in [5.41, 5.74) is 2.53. The van der Waals surface area contributed by atoms with E-state index >= 15 is 0 Å². The maximum Gasteiger partial charge on any atom is 0.244 e. The van der Waals surface area contributed by atoms with Gasteiger partial charge in [-0.25, -0.2) is 8.42 Å². The molecule has 0 aliphatic heterocycles. The van der Waals surface area contributed by atoms with Gasteiger partial charge in [0, 0.05) is 5.02 Å². The van der Waals surface area contributed by atoms with E-state index in [1.54, 1.807) is 25.1 Å². The Morgan fingerprint density at radius 1 is 1.15 bits per heavy atom. The van der Waals surface area contributed by atoms with E-state index in [4.69, 9.17) is 11.6 Å². The number of hydrogen-bond donors (Lipinski definition) is 1. The van der Waals surface area contributed by atoms with Crippen molar-refractivity contribution in [1.82, 2.24) is 5.32 Å². The second kappa shape index (κ2) is 8.76. The predicted molar refractivity (Wildman–Crippen MR) is 111 cm³/mol. The van der Waals surface area contributed by atoms with Crippen LogP contribution >= 0.6 is 11.6 Å². The molecule has 0 heterocycles. The SMILES string of the molecule is CCc1ccc([C@@H](C)NC(=O)[C@@H](C)N(c2cccc(Cl)c2)S(C)(=O)=O)cc1. The normalized spacial score (nSPS) is 13.7. The lowest BCUT2D eigenvalue weighted by molar-refractivity contribution is -0.122. The third-order valence-electron chi connectivity index (χ3n) is 4.40. The van der Waals surface area contributed by atoms with Crippen molar-refractivity contribution in [2.45, 2.75) is 39.3 Å². The van der Waals surface area contributed by atoms with Crippen molar-refractivity contribution in [3.8, 4) is 0 Å². The standard InChI is InChI=1S/C20H25ClN2O3S/c1-5-16-9-11-17(12-10-16)14(2)22-20(24)15(3)23(27(4,25)26)19-8-6-7-18(21)13-19/h6-15H,5H2,1-4H3,(H,22,24)/t14-,15-/m1/s1. The summed E-state index contributed by atoms with van der Waals surface area (Å²) < 4.78 is 25.7. The Kier molecular flexibility index (Phi) is 6.89. The van der Waals surface area contributed by atoms with E-state index < -0.39 is 16.1 Å². The number of amides is 1. The van der Waals surface area contributed by atoms with E-state index in [1.807, 2.05) is 31.2 Å². The molecule has 0 aliphatic rings. The molecule has 5 nitrogen and oxygen atoms in total. The first-order valence-corrected chi connectivity index (χ1v) is 11.0. The fraction of sp³-hybridized carbons (Fsp3) is 0.350. The number of nitrogens with one attached hydrogen (secondary N) is 1. The summed E-state index contributed by atoms with van der Waals surface area (Å²) >= 11 is 5.99. The van der Waals surface area contributed by atoms with Crippen molar-refractivity contribution >= 4 is 33.2 Å². The Morgan fingerprint density at radius 2 is 1.78 bits per heavy atom. The Labute approximate surface area is 166 Å². The van der Waals surface area contributed by atoms with Gasteiger partial charge in [0.15, 0.2) is 0 Å². The zero-order valence-electron chi connectivity index (χ0n) is 15.9. The molecule has 1 N–H and O–H groups in total. The third-order valence-corrected chi connectivity index (χ3v) is 5.87. The van der Waals surface area contributed by atoms with Gasteiger partial charge < -0.3 is 5.32 Å². The Hall–Kier alpha value is -2.05. The molecule has 1 amide bonds. The quantitative estimate of drug-likeness (QED) is 0.754. The van der Waals surface area contributed by atoms with Crippen LogP contribution in [-0.2, 0) is 21.2 Å². The highest BCUT2D eigenvalue weighted by Gasteiger charge is 2.30. The molecule has 0 saturated carbocycles. The second-order valence-corrected chi connectivity index (χ2v) is 8.84. The predicted octanol–water partition coefficient (Wildman–Crippen LogP) is 3.93. The fourth-order valence-corrected chi connectivity index (χ4v) is 4.23. The zero-order chi connectivity index (χ0) is 20.2. The number of halogens is 1. The van der Waals surface area contributed by atoms with E-state index in [0.717, 1.165) is 22.5 Å². The fourth-order valence-electron chi connectivity index (χ4n) is 2.88. The van der Waals surface area contributed by atoms with E-state index in [9.17, 15) is 13.2 Å². The lowest BCUT2D eigenvalue weighted by Crippen LogP contribution is -2.48. The minimum Gasteiger partial charge on any atom is -0.348 e. The van der Waals surface area contributed by atoms with E-state index in [2.05, 4.69) is 12.2 Å². The number of nitrogens with zero attached hydrogens (tertiary/aromatic N) is 1. The number of sulfonamides is 1. The first-order valence-electron chi connectivity index (χ1n) is 8.77. The third kappa shape index (κ3) is 5.47. The first-order chi connectivity index (χ1) is 12.6. The van der Waals surface area contributed by atoms with Crippen LogP contribution in [0, 0.1) is 0 Å². The summed E-state index contributed by atoms with van der Waals surface area (Å²) in [4.78, 5) is 12.7. The lowest BCUT2D eigenvalue weighted by Gasteiger charge is -2.29. The summed E-state index contributed by atoms with van der Waals surface area (Å²) in [7, 11) is -3.67. The van der Waals surface area contributed by atoms with Gasteiger partial charge in [0.25, 0.3) is 0 Å². The van der Waals surface area contributed by atoms with Gasteiger partial charge in [-0.2, -0.15) is 0 Å². The zero-order valence-corrected chi connectivity index (χ0v) is 17.5. The van der Waals surface area contributed by atoms with Crippen LogP contribution in [0.1, 0.15) is 37.9 Å². The topological polar surface area (TPSA) is 66.5 Å². The monoisotopic (exact) mass is 408 g/mol. The van der Waals surface area contributed by atoms with E-state index in [1.165, 1.54) is 11.6 Å². The van der Waals surface area contributed by atoms with Crippen molar-refractivity contribution in [1.29, 1.82) is 0 Å². The van der Waals surface area contributed by atoms with Gasteiger partial charge in [0.2, 0.25) is 15.9 Å². The van der Waals surface area contributed by atoms with Gasteiger partial charge in [0.1, 0.15) is 6.04 Å². The van der Waals surface area contributed by atoms with Crippen LogP contribution in [0.25, 0.3) is 0 Å². The summed E-state index contributed by atoms with van der Waals surface area (Å²) in [5, 5.41) is 3.29. The van der Waals surface area contributed by atoms with Crippen molar-refractivity contribution in [3.63, 3.8) is 0 Å². The van der Waals surface area contributed by atoms with Gasteiger partial charge in [-0.3, -0.25) is 9.10 Å². The lowest BCUT2D eigenvalue weighted by atomic mass is 10.0. The van der Waals surface area contributed by atoms with Crippen molar-refractivity contribution in [2.24, 2.45) is 0 Å². The molecule has 7 heteroatoms. The van der Waals surface area contributed by atoms with Gasteiger partial charge in [-0.15, -0.1) is 0 Å². The number of anilines is 1. The molecule has 2 atom stereocenters. The minimum atomic E-state index is -3.67. The number of carbonyl (C=O) groups excluding carboxylic acids is 1. The highest BCUT2D eigenvalue weighted by atomic mass is 35.5. The summed E-state index contributed by atoms with van der Waals surface area (Å²) in [6.07, 6.45) is 2.02. The molecule has 0 radical (unpaired) electrons. The summed E-state index contributed by atoms with van der Waals surface area (Å²) in [6.45, 7) is 5.51. The first kappa shape index (κ1) is 21.3. The molecule has 27 heavy (non-hydrogen) atoms. The number of benzene rings is 2. The maximum atomic E-state index is 12.7.